The molecule has 0 saturated heterocycles. The lowest BCUT2D eigenvalue weighted by Crippen LogP contribution is -2.32. The van der Waals surface area contributed by atoms with Crippen LogP contribution in [0.2, 0.25) is 0 Å². The van der Waals surface area contributed by atoms with Gasteiger partial charge in [-0.25, -0.2) is 4.39 Å². The molecular formula is C14H17FN2O4. The van der Waals surface area contributed by atoms with Gasteiger partial charge in [0.05, 0.1) is 12.1 Å². The molecule has 1 rings (SSSR count). The molecule has 0 heterocycles. The van der Waals surface area contributed by atoms with Crippen molar-refractivity contribution >= 4 is 23.5 Å². The highest BCUT2D eigenvalue weighted by molar-refractivity contribution is 5.97. The summed E-state index contributed by atoms with van der Waals surface area (Å²) in [5, 5.41) is 11.0. The summed E-state index contributed by atoms with van der Waals surface area (Å²) in [6, 6.07) is 3.62. The average Bonchev–Trinajstić information content (AvgIpc) is 2.40. The quantitative estimate of drug-likeness (QED) is 0.837. The number of hydrogen-bond donors (Lipinski definition) is 2. The van der Waals surface area contributed by atoms with Crippen LogP contribution in [-0.4, -0.2) is 40.9 Å². The number of amides is 2. The van der Waals surface area contributed by atoms with E-state index in [4.69, 9.17) is 5.11 Å². The summed E-state index contributed by atoms with van der Waals surface area (Å²) >= 11 is 0. The van der Waals surface area contributed by atoms with Gasteiger partial charge >= 0.3 is 5.97 Å². The van der Waals surface area contributed by atoms with Crippen molar-refractivity contribution in [2.24, 2.45) is 0 Å². The van der Waals surface area contributed by atoms with Gasteiger partial charge in [-0.05, 0) is 25.1 Å². The smallest absolute Gasteiger partial charge is 0.305 e. The fraction of sp³-hybridized carbons (Fsp3) is 0.357. The standard InChI is InChI=1S/C14H17FN2O4/c1-3-17(7-6-13(19)20)14(21)10-4-5-11(15)12(8-10)16-9(2)18/h4-5,8H,3,6-7H2,1-2H3,(H,16,18)(H,19,20). The van der Waals surface area contributed by atoms with Gasteiger partial charge in [0.1, 0.15) is 5.82 Å². The summed E-state index contributed by atoms with van der Waals surface area (Å²) in [5.41, 5.74) is 0.107. The minimum Gasteiger partial charge on any atom is -0.481 e. The fourth-order valence-corrected chi connectivity index (χ4v) is 1.76. The molecule has 0 atom stereocenters. The zero-order chi connectivity index (χ0) is 16.0. The van der Waals surface area contributed by atoms with Crippen LogP contribution in [0.5, 0.6) is 0 Å². The molecule has 0 aliphatic rings. The molecule has 6 nitrogen and oxygen atoms in total. The van der Waals surface area contributed by atoms with Crippen molar-refractivity contribution in [1.82, 2.24) is 4.90 Å². The van der Waals surface area contributed by atoms with Gasteiger partial charge in [-0.2, -0.15) is 0 Å². The van der Waals surface area contributed by atoms with Crippen LogP contribution in [0.3, 0.4) is 0 Å². The molecule has 21 heavy (non-hydrogen) atoms. The van der Waals surface area contributed by atoms with Gasteiger partial charge in [0.25, 0.3) is 5.91 Å². The number of carboxylic acids is 1. The lowest BCUT2D eigenvalue weighted by atomic mass is 10.1. The van der Waals surface area contributed by atoms with Gasteiger partial charge in [0.15, 0.2) is 0 Å². The molecule has 1 aromatic rings. The van der Waals surface area contributed by atoms with Gasteiger partial charge in [-0.15, -0.1) is 0 Å². The van der Waals surface area contributed by atoms with Crippen LogP contribution in [0.1, 0.15) is 30.6 Å². The Labute approximate surface area is 121 Å². The maximum atomic E-state index is 13.5. The molecule has 0 aromatic heterocycles. The molecule has 2 N–H and O–H groups in total. The predicted octanol–water partition coefficient (Wildman–Crippen LogP) is 1.72. The van der Waals surface area contributed by atoms with E-state index in [0.717, 1.165) is 6.07 Å². The maximum absolute atomic E-state index is 13.5. The summed E-state index contributed by atoms with van der Waals surface area (Å²) in [6.45, 7) is 3.35. The van der Waals surface area contributed by atoms with Crippen molar-refractivity contribution in [3.05, 3.63) is 29.6 Å². The number of rotatable bonds is 6. The van der Waals surface area contributed by atoms with E-state index in [1.807, 2.05) is 0 Å². The Morgan fingerprint density at radius 1 is 1.33 bits per heavy atom. The number of halogens is 1. The molecule has 0 fully saturated rings. The minimum absolute atomic E-state index is 0.0670. The molecule has 114 valence electrons. The topological polar surface area (TPSA) is 86.7 Å². The van der Waals surface area contributed by atoms with E-state index in [9.17, 15) is 18.8 Å². The summed E-state index contributed by atoms with van der Waals surface area (Å²) < 4.78 is 13.5. The van der Waals surface area contributed by atoms with E-state index in [-0.39, 0.29) is 24.2 Å². The second-order valence-electron chi connectivity index (χ2n) is 4.40. The number of benzene rings is 1. The molecule has 0 spiro atoms. The van der Waals surface area contributed by atoms with Crippen LogP contribution in [0, 0.1) is 5.82 Å². The first-order valence-electron chi connectivity index (χ1n) is 6.43. The molecule has 2 amide bonds. The Hall–Kier alpha value is -2.44. The van der Waals surface area contributed by atoms with Crippen molar-refractivity contribution in [2.75, 3.05) is 18.4 Å². The molecule has 1 aromatic carbocycles. The number of carbonyl (C=O) groups excluding carboxylic acids is 2. The molecule has 0 aliphatic carbocycles. The van der Waals surface area contributed by atoms with Crippen molar-refractivity contribution in [3.63, 3.8) is 0 Å². The number of nitrogens with one attached hydrogen (secondary N) is 1. The Morgan fingerprint density at radius 3 is 2.52 bits per heavy atom. The van der Waals surface area contributed by atoms with Crippen molar-refractivity contribution in [3.8, 4) is 0 Å². The normalized spacial score (nSPS) is 10.0. The third-order valence-electron chi connectivity index (χ3n) is 2.79. The molecular weight excluding hydrogens is 279 g/mol. The van der Waals surface area contributed by atoms with Crippen LogP contribution in [0.25, 0.3) is 0 Å². The maximum Gasteiger partial charge on any atom is 0.305 e. The third kappa shape index (κ3) is 4.87. The highest BCUT2D eigenvalue weighted by atomic mass is 19.1. The van der Waals surface area contributed by atoms with Crippen LogP contribution < -0.4 is 5.32 Å². The van der Waals surface area contributed by atoms with Crippen LogP contribution in [0.15, 0.2) is 18.2 Å². The number of aliphatic carboxylic acids is 1. The van der Waals surface area contributed by atoms with Gasteiger partial charge in [0.2, 0.25) is 5.91 Å². The predicted molar refractivity (Wildman–Crippen MR) is 74.5 cm³/mol. The Kier molecular flexibility index (Phi) is 5.83. The first-order chi connectivity index (χ1) is 9.85. The monoisotopic (exact) mass is 296 g/mol. The molecule has 7 heteroatoms. The summed E-state index contributed by atoms with van der Waals surface area (Å²) in [4.78, 5) is 35.1. The summed E-state index contributed by atoms with van der Waals surface area (Å²) in [6.07, 6.45) is -0.167. The van der Waals surface area contributed by atoms with Gasteiger partial charge in [-0.1, -0.05) is 0 Å². The SMILES string of the molecule is CCN(CCC(=O)O)C(=O)c1ccc(F)c(NC(C)=O)c1. The Balaban J connectivity index is 2.94. The zero-order valence-electron chi connectivity index (χ0n) is 11.9. The van der Waals surface area contributed by atoms with E-state index >= 15 is 0 Å². The summed E-state index contributed by atoms with van der Waals surface area (Å²) in [5.74, 6) is -2.50. The molecule has 0 saturated carbocycles. The van der Waals surface area contributed by atoms with Crippen molar-refractivity contribution < 1.29 is 23.9 Å². The van der Waals surface area contributed by atoms with Crippen LogP contribution >= 0.6 is 0 Å². The third-order valence-corrected chi connectivity index (χ3v) is 2.79. The molecule has 0 unspecified atom stereocenters. The van der Waals surface area contributed by atoms with E-state index in [2.05, 4.69) is 5.32 Å². The zero-order valence-corrected chi connectivity index (χ0v) is 11.9. The number of hydrogen-bond acceptors (Lipinski definition) is 3. The largest absolute Gasteiger partial charge is 0.481 e. The fourth-order valence-electron chi connectivity index (χ4n) is 1.76. The number of carboxylic acid groups (broad SMARTS) is 1. The first-order valence-corrected chi connectivity index (χ1v) is 6.43. The number of carbonyl (C=O) groups is 3. The first kappa shape index (κ1) is 16.6. The van der Waals surface area contributed by atoms with E-state index < -0.39 is 23.6 Å². The van der Waals surface area contributed by atoms with Gasteiger partial charge < -0.3 is 15.3 Å². The molecule has 0 aliphatic heterocycles. The van der Waals surface area contributed by atoms with E-state index in [0.29, 0.717) is 6.54 Å². The number of nitrogens with zero attached hydrogens (tertiary/aromatic N) is 1. The van der Waals surface area contributed by atoms with Crippen LogP contribution in [-0.2, 0) is 9.59 Å². The van der Waals surface area contributed by atoms with Gasteiger partial charge in [-0.3, -0.25) is 14.4 Å². The Bertz CT molecular complexity index is 560. The second kappa shape index (κ2) is 7.37. The van der Waals surface area contributed by atoms with Crippen molar-refractivity contribution in [1.29, 1.82) is 0 Å². The average molecular weight is 296 g/mol. The minimum atomic E-state index is -1.00. The highest BCUT2D eigenvalue weighted by Crippen LogP contribution is 2.17. The van der Waals surface area contributed by atoms with E-state index in [1.165, 1.54) is 24.0 Å². The lowest BCUT2D eigenvalue weighted by molar-refractivity contribution is -0.137. The molecule has 0 radical (unpaired) electrons. The lowest BCUT2D eigenvalue weighted by Gasteiger charge is -2.20. The number of anilines is 1. The highest BCUT2D eigenvalue weighted by Gasteiger charge is 2.17. The summed E-state index contributed by atoms with van der Waals surface area (Å²) in [7, 11) is 0. The van der Waals surface area contributed by atoms with Crippen molar-refractivity contribution in [2.45, 2.75) is 20.3 Å². The second-order valence-corrected chi connectivity index (χ2v) is 4.40. The Morgan fingerprint density at radius 2 is 2.00 bits per heavy atom. The van der Waals surface area contributed by atoms with Gasteiger partial charge in [0, 0.05) is 25.6 Å². The van der Waals surface area contributed by atoms with Crippen LogP contribution in [0.4, 0.5) is 10.1 Å². The van der Waals surface area contributed by atoms with E-state index in [1.54, 1.807) is 6.92 Å². The molecule has 0 bridgehead atoms.